The number of aromatic hydroxyl groups is 6. The van der Waals surface area contributed by atoms with Crippen molar-refractivity contribution in [2.45, 2.75) is 86.5 Å². The number of aromatic nitrogens is 1. The van der Waals surface area contributed by atoms with E-state index in [4.69, 9.17) is 23.4 Å². The highest BCUT2D eigenvalue weighted by molar-refractivity contribution is 6.15. The molecular weight excluding hydrogens is 1040 g/mol. The number of ether oxygens (including phenoxy) is 4. The zero-order valence-electron chi connectivity index (χ0n) is 45.8. The van der Waals surface area contributed by atoms with Gasteiger partial charge in [0.25, 0.3) is 0 Å². The maximum Gasteiger partial charge on any atom is 0.309 e. The predicted octanol–water partition coefficient (Wildman–Crippen LogP) is 11.8. The molecule has 5 aromatic carbocycles. The Balaban J connectivity index is 0.000000123. The van der Waals surface area contributed by atoms with Crippen molar-refractivity contribution in [3.8, 4) is 68.6 Å². The quantitative estimate of drug-likeness (QED) is 0.0454. The zero-order chi connectivity index (χ0) is 57.6. The van der Waals surface area contributed by atoms with Crippen LogP contribution in [0.1, 0.15) is 86.5 Å². The third-order valence-corrected chi connectivity index (χ3v) is 19.8. The number of aryl methyl sites for hydroxylation is 1. The molecule has 3 fully saturated rings. The zero-order valence-corrected chi connectivity index (χ0v) is 45.8. The minimum atomic E-state index is -0.877. The molecule has 418 valence electrons. The summed E-state index contributed by atoms with van der Waals surface area (Å²) in [6.45, 7) is 13.9. The number of allylic oxidation sites excluding steroid dienone is 7. The Morgan fingerprint density at radius 3 is 2.07 bits per heavy atom. The number of fused-ring (bicyclic) bond motifs is 16. The fourth-order valence-electron chi connectivity index (χ4n) is 14.8. The van der Waals surface area contributed by atoms with Gasteiger partial charge in [-0.3, -0.25) is 14.4 Å². The number of carbonyl (C=O) groups excluding carboxylic acids is 1. The molecule has 2 aliphatic heterocycles. The molecule has 0 radical (unpaired) electrons. The van der Waals surface area contributed by atoms with Crippen molar-refractivity contribution < 1.29 is 78.4 Å². The lowest BCUT2D eigenvalue weighted by atomic mass is 9.34. The molecule has 5 aliphatic carbocycles. The monoisotopic (exact) mass is 1100 g/mol. The van der Waals surface area contributed by atoms with Crippen molar-refractivity contribution >= 4 is 55.2 Å². The van der Waals surface area contributed by atoms with Crippen molar-refractivity contribution in [2.24, 2.45) is 40.0 Å². The van der Waals surface area contributed by atoms with E-state index in [0.717, 1.165) is 131 Å². The van der Waals surface area contributed by atoms with E-state index in [1.54, 1.807) is 6.08 Å². The first-order valence-corrected chi connectivity index (χ1v) is 27.0. The van der Waals surface area contributed by atoms with Gasteiger partial charge in [-0.1, -0.05) is 51.5 Å². The molecule has 7 aromatic rings. The first-order chi connectivity index (χ1) is 38.3. The number of ketones is 1. The summed E-state index contributed by atoms with van der Waals surface area (Å²) in [5.74, 6) is -1.96. The van der Waals surface area contributed by atoms with Gasteiger partial charge in [-0.25, -0.2) is 0 Å². The van der Waals surface area contributed by atoms with Gasteiger partial charge in [0.2, 0.25) is 36.1 Å². The lowest BCUT2D eigenvalue weighted by Gasteiger charge is -2.70. The van der Waals surface area contributed by atoms with Crippen LogP contribution in [0.2, 0.25) is 0 Å². The van der Waals surface area contributed by atoms with Crippen molar-refractivity contribution in [3.05, 3.63) is 124 Å². The summed E-state index contributed by atoms with van der Waals surface area (Å²) in [7, 11) is 2.06. The van der Waals surface area contributed by atoms with Gasteiger partial charge in [0, 0.05) is 22.4 Å². The van der Waals surface area contributed by atoms with Crippen molar-refractivity contribution in [2.75, 3.05) is 13.6 Å². The van der Waals surface area contributed by atoms with E-state index in [9.17, 15) is 55.2 Å². The average molecular weight is 1100 g/mol. The van der Waals surface area contributed by atoms with Crippen LogP contribution in [-0.2, 0) is 16.6 Å². The maximum absolute atomic E-state index is 12.6. The topological polar surface area (TPSA) is 267 Å². The highest BCUT2D eigenvalue weighted by atomic mass is 16.7. The van der Waals surface area contributed by atoms with Gasteiger partial charge >= 0.3 is 5.97 Å². The molecule has 7 aliphatic rings. The number of carboxylic acids is 1. The fraction of sp³-hybridized carbons (Fsp3) is 0.344. The normalized spacial score (nSPS) is 26.7. The Kier molecular flexibility index (Phi) is 11.8. The number of phenols is 6. The van der Waals surface area contributed by atoms with E-state index < -0.39 is 51.3 Å². The van der Waals surface area contributed by atoms with Crippen LogP contribution >= 0.6 is 0 Å². The number of aliphatic hydroxyl groups excluding tert-OH is 1. The Labute approximate surface area is 464 Å². The number of rotatable bonds is 2. The summed E-state index contributed by atoms with van der Waals surface area (Å²) in [6, 6.07) is 15.5. The summed E-state index contributed by atoms with van der Waals surface area (Å²) >= 11 is 0. The largest absolute Gasteiger partial charge is 0.504 e. The van der Waals surface area contributed by atoms with Crippen LogP contribution in [0.25, 0.3) is 54.5 Å². The standard InChI is InChI=1S/C29H38O4.C20H14NO4.C15H10O8/c1-17-18-7-8-21-27(4,19(18)15-20(30)23(17)31)12-14-29(6)22-16-26(3,24(32)33)10-9-25(22,2)11-13-28(21,29)5;1-21-8-15-12(4-5-16-20(15)25-10-22-16)13-3-2-11-6-17-18(24-9-23-17)7-14(11)19(13)21;16-7-1-5(2-8(17)13(7)20)6-4-23-10-3-9(18)14(21)15(22)11(10)12(6)19/h7-8,15,22,31H,9-14,16H2,1-6H3,(H,32,33);2-8H,9-10H2,1H3;1-4,16-18,20-22H/q;+1;/t22-,25-,26-,27+,28-,29+;;/m1../s1. The van der Waals surface area contributed by atoms with Crippen LogP contribution in [-0.4, -0.2) is 66.2 Å². The highest BCUT2D eigenvalue weighted by Gasteiger charge is 2.67. The number of aliphatic hydroxyl groups is 1. The van der Waals surface area contributed by atoms with E-state index >= 15 is 0 Å². The molecule has 0 saturated heterocycles. The number of benzene rings is 5. The predicted molar refractivity (Wildman–Crippen MR) is 299 cm³/mol. The second-order valence-corrected chi connectivity index (χ2v) is 24.1. The number of pyridine rings is 1. The summed E-state index contributed by atoms with van der Waals surface area (Å²) in [5, 5.41) is 82.7. The number of hydrogen-bond acceptors (Lipinski definition) is 15. The maximum atomic E-state index is 12.6. The second kappa shape index (κ2) is 18.1. The molecule has 17 nitrogen and oxygen atoms in total. The Bertz CT molecular complexity index is 4150. The Hall–Kier alpha value is -8.86. The van der Waals surface area contributed by atoms with E-state index in [1.165, 1.54) is 11.0 Å². The number of phenolic OH excluding ortho intramolecular Hbond substituents is 6. The number of aliphatic carboxylic acids is 1. The molecule has 0 amide bonds. The minimum absolute atomic E-state index is 0.0000746. The second-order valence-electron chi connectivity index (χ2n) is 24.1. The fourth-order valence-corrected chi connectivity index (χ4v) is 14.8. The molecule has 0 spiro atoms. The summed E-state index contributed by atoms with van der Waals surface area (Å²) in [4.78, 5) is 37.3. The minimum Gasteiger partial charge on any atom is -0.504 e. The van der Waals surface area contributed by atoms with Gasteiger partial charge in [0.05, 0.1) is 27.1 Å². The first kappa shape index (κ1) is 52.8. The van der Waals surface area contributed by atoms with Crippen LogP contribution in [0.3, 0.4) is 0 Å². The van der Waals surface area contributed by atoms with Gasteiger partial charge in [-0.2, -0.15) is 4.57 Å². The summed E-state index contributed by atoms with van der Waals surface area (Å²) in [6.07, 6.45) is 15.8. The van der Waals surface area contributed by atoms with Gasteiger partial charge in [0.15, 0.2) is 63.7 Å². The van der Waals surface area contributed by atoms with Gasteiger partial charge in [0.1, 0.15) is 24.3 Å². The number of nitrogens with zero attached hydrogens (tertiary/aromatic N) is 1. The molecule has 0 unspecified atom stereocenters. The molecule has 3 saturated carbocycles. The Morgan fingerprint density at radius 2 is 1.35 bits per heavy atom. The molecule has 0 bridgehead atoms. The average Bonchev–Trinajstić information content (AvgIpc) is 4.26. The van der Waals surface area contributed by atoms with E-state index in [2.05, 4.69) is 81.9 Å². The summed E-state index contributed by atoms with van der Waals surface area (Å²) < 4.78 is 29.6. The van der Waals surface area contributed by atoms with Crippen LogP contribution in [0.5, 0.6) is 57.5 Å². The number of carbonyl (C=O) groups is 2. The lowest BCUT2D eigenvalue weighted by Crippen LogP contribution is -2.62. The molecule has 8 N–H and O–H groups in total. The first-order valence-electron chi connectivity index (χ1n) is 27.0. The van der Waals surface area contributed by atoms with E-state index in [0.29, 0.717) is 11.5 Å². The third-order valence-electron chi connectivity index (χ3n) is 19.8. The van der Waals surface area contributed by atoms with E-state index in [1.807, 2.05) is 26.0 Å². The molecule has 14 rings (SSSR count). The van der Waals surface area contributed by atoms with Crippen LogP contribution in [0.15, 0.2) is 123 Å². The van der Waals surface area contributed by atoms with Gasteiger partial charge in [-0.15, -0.1) is 0 Å². The third kappa shape index (κ3) is 7.70. The van der Waals surface area contributed by atoms with Crippen LogP contribution in [0.4, 0.5) is 0 Å². The van der Waals surface area contributed by atoms with Gasteiger partial charge < -0.3 is 64.2 Å². The SMILES string of the molecule is CC1=C(O)C(=O)C=C2C1=CC=C1[C@@]2(C)CC[C@@]2(C)[C@@H]3C[C@](C)(C(=O)O)CC[C@]3(C)CC[C@]12C.C[n+]1cc2c3c(ccc2c2ccc4cc5c(cc4c21)OCO5)OCO3.O=c1c(-c2cc(O)c(O)c(O)c2)coc2cc(O)c(O)c(O)c12. The van der Waals surface area contributed by atoms with Crippen LogP contribution in [0, 0.1) is 33.0 Å². The molecule has 81 heavy (non-hydrogen) atoms. The molecule has 17 heteroatoms. The molecule has 4 heterocycles. The Morgan fingerprint density at radius 1 is 0.679 bits per heavy atom. The lowest BCUT2D eigenvalue weighted by molar-refractivity contribution is -0.642. The van der Waals surface area contributed by atoms with Crippen LogP contribution < -0.4 is 28.9 Å². The number of carboxylic acid groups (broad SMARTS) is 1. The van der Waals surface area contributed by atoms with Crippen molar-refractivity contribution in [3.63, 3.8) is 0 Å². The molecule has 6 atom stereocenters. The number of hydrogen-bond donors (Lipinski definition) is 8. The van der Waals surface area contributed by atoms with Crippen molar-refractivity contribution in [1.29, 1.82) is 0 Å². The highest BCUT2D eigenvalue weighted by Crippen LogP contribution is 2.75. The molecule has 2 aromatic heterocycles. The van der Waals surface area contributed by atoms with Gasteiger partial charge in [-0.05, 0) is 152 Å². The smallest absolute Gasteiger partial charge is 0.309 e. The van der Waals surface area contributed by atoms with Crippen molar-refractivity contribution in [1.82, 2.24) is 0 Å². The van der Waals surface area contributed by atoms with E-state index in [-0.39, 0.29) is 68.9 Å². The molecular formula is C64H62NO16+. The summed E-state index contributed by atoms with van der Waals surface area (Å²) in [5.41, 5.74) is 3.40.